The number of carbonyl (C=O) groups is 1. The number of rotatable bonds is 9. The number of amides is 1. The van der Waals surface area contributed by atoms with Gasteiger partial charge in [0.1, 0.15) is 5.82 Å². The number of hydrogen-bond donors (Lipinski definition) is 2. The van der Waals surface area contributed by atoms with Crippen LogP contribution < -0.4 is 20.1 Å². The van der Waals surface area contributed by atoms with Crippen LogP contribution in [0.4, 0.5) is 5.82 Å². The molecule has 6 nitrogen and oxygen atoms in total. The lowest BCUT2D eigenvalue weighted by atomic mass is 10.1. The molecule has 0 saturated carbocycles. The Morgan fingerprint density at radius 1 is 1.08 bits per heavy atom. The van der Waals surface area contributed by atoms with E-state index in [1.807, 2.05) is 18.2 Å². The molecule has 0 atom stereocenters. The molecule has 0 spiro atoms. The molecule has 0 saturated heterocycles. The van der Waals surface area contributed by atoms with E-state index in [0.717, 1.165) is 24.3 Å². The molecule has 25 heavy (non-hydrogen) atoms. The highest BCUT2D eigenvalue weighted by molar-refractivity contribution is 5.94. The van der Waals surface area contributed by atoms with Crippen molar-refractivity contribution in [2.45, 2.75) is 19.8 Å². The number of anilines is 1. The summed E-state index contributed by atoms with van der Waals surface area (Å²) in [6.07, 6.45) is 3.35. The Balaban J connectivity index is 1.90. The predicted octanol–water partition coefficient (Wildman–Crippen LogP) is 2.89. The molecule has 2 rings (SSSR count). The van der Waals surface area contributed by atoms with Crippen molar-refractivity contribution in [1.82, 2.24) is 10.3 Å². The van der Waals surface area contributed by atoms with Gasteiger partial charge in [0.05, 0.1) is 14.2 Å². The highest BCUT2D eigenvalue weighted by Crippen LogP contribution is 2.27. The molecule has 1 amide bonds. The molecule has 2 N–H and O–H groups in total. The van der Waals surface area contributed by atoms with Crippen molar-refractivity contribution in [2.24, 2.45) is 0 Å². The fraction of sp³-hybridized carbons (Fsp3) is 0.368. The van der Waals surface area contributed by atoms with E-state index in [1.165, 1.54) is 0 Å². The SMILES string of the molecule is CCCNc1cc(C(=O)NCCc2ccc(OC)c(OC)c2)ccn1. The van der Waals surface area contributed by atoms with Crippen molar-refractivity contribution in [2.75, 3.05) is 32.6 Å². The molecule has 0 unspecified atom stereocenters. The second-order valence-corrected chi connectivity index (χ2v) is 5.55. The van der Waals surface area contributed by atoms with Gasteiger partial charge in [0, 0.05) is 24.8 Å². The number of methoxy groups -OCH3 is 2. The van der Waals surface area contributed by atoms with Crippen LogP contribution in [-0.2, 0) is 6.42 Å². The number of pyridine rings is 1. The zero-order chi connectivity index (χ0) is 18.1. The molecule has 1 aromatic carbocycles. The lowest BCUT2D eigenvalue weighted by molar-refractivity contribution is 0.0954. The maximum absolute atomic E-state index is 12.3. The molecular weight excluding hydrogens is 318 g/mol. The van der Waals surface area contributed by atoms with Crippen molar-refractivity contribution in [3.63, 3.8) is 0 Å². The third-order valence-electron chi connectivity index (χ3n) is 3.73. The van der Waals surface area contributed by atoms with Gasteiger partial charge >= 0.3 is 0 Å². The smallest absolute Gasteiger partial charge is 0.251 e. The summed E-state index contributed by atoms with van der Waals surface area (Å²) in [4.78, 5) is 16.5. The zero-order valence-electron chi connectivity index (χ0n) is 15.0. The summed E-state index contributed by atoms with van der Waals surface area (Å²) < 4.78 is 10.5. The molecule has 1 aromatic heterocycles. The van der Waals surface area contributed by atoms with E-state index < -0.39 is 0 Å². The molecule has 0 aliphatic heterocycles. The fourth-order valence-corrected chi connectivity index (χ4v) is 2.38. The van der Waals surface area contributed by atoms with Crippen LogP contribution in [0.3, 0.4) is 0 Å². The Morgan fingerprint density at radius 2 is 1.88 bits per heavy atom. The number of benzene rings is 1. The molecule has 0 bridgehead atoms. The monoisotopic (exact) mass is 343 g/mol. The first-order chi connectivity index (χ1) is 12.2. The quantitative estimate of drug-likeness (QED) is 0.732. The highest BCUT2D eigenvalue weighted by atomic mass is 16.5. The first-order valence-corrected chi connectivity index (χ1v) is 8.37. The van der Waals surface area contributed by atoms with Crippen LogP contribution >= 0.6 is 0 Å². The van der Waals surface area contributed by atoms with Crippen molar-refractivity contribution >= 4 is 11.7 Å². The summed E-state index contributed by atoms with van der Waals surface area (Å²) in [6.45, 7) is 3.45. The molecule has 134 valence electrons. The van der Waals surface area contributed by atoms with Crippen LogP contribution in [0.5, 0.6) is 11.5 Å². The summed E-state index contributed by atoms with van der Waals surface area (Å²) >= 11 is 0. The molecule has 2 aromatic rings. The van der Waals surface area contributed by atoms with E-state index in [1.54, 1.807) is 32.5 Å². The van der Waals surface area contributed by atoms with Crippen LogP contribution in [0, 0.1) is 0 Å². The van der Waals surface area contributed by atoms with Gasteiger partial charge in [-0.3, -0.25) is 4.79 Å². The first-order valence-electron chi connectivity index (χ1n) is 8.37. The topological polar surface area (TPSA) is 72.5 Å². The van der Waals surface area contributed by atoms with Gasteiger partial charge in [0.25, 0.3) is 5.91 Å². The largest absolute Gasteiger partial charge is 0.493 e. The van der Waals surface area contributed by atoms with Crippen LogP contribution in [0.2, 0.25) is 0 Å². The molecule has 0 fully saturated rings. The van der Waals surface area contributed by atoms with Crippen molar-refractivity contribution in [3.05, 3.63) is 47.7 Å². The lowest BCUT2D eigenvalue weighted by Crippen LogP contribution is -2.25. The van der Waals surface area contributed by atoms with Crippen LogP contribution in [0.15, 0.2) is 36.5 Å². The molecule has 0 radical (unpaired) electrons. The number of aromatic nitrogens is 1. The number of ether oxygens (including phenoxy) is 2. The summed E-state index contributed by atoms with van der Waals surface area (Å²) in [6, 6.07) is 9.23. The van der Waals surface area contributed by atoms with Gasteiger partial charge in [0.2, 0.25) is 0 Å². The number of nitrogens with one attached hydrogen (secondary N) is 2. The van der Waals surface area contributed by atoms with E-state index >= 15 is 0 Å². The second kappa shape index (κ2) is 9.52. The average Bonchev–Trinajstić information content (AvgIpc) is 2.66. The normalized spacial score (nSPS) is 10.2. The lowest BCUT2D eigenvalue weighted by Gasteiger charge is -2.10. The first kappa shape index (κ1) is 18.6. The van der Waals surface area contributed by atoms with Crippen LogP contribution in [-0.4, -0.2) is 38.2 Å². The van der Waals surface area contributed by atoms with Crippen molar-refractivity contribution in [1.29, 1.82) is 0 Å². The van der Waals surface area contributed by atoms with Gasteiger partial charge in [-0.05, 0) is 42.7 Å². The molecule has 6 heteroatoms. The molecule has 0 aliphatic carbocycles. The summed E-state index contributed by atoms with van der Waals surface area (Å²) in [5.41, 5.74) is 1.67. The maximum atomic E-state index is 12.3. The third kappa shape index (κ3) is 5.38. The molecule has 0 aliphatic rings. The van der Waals surface area contributed by atoms with Gasteiger partial charge in [0.15, 0.2) is 11.5 Å². The molecule has 1 heterocycles. The highest BCUT2D eigenvalue weighted by Gasteiger charge is 2.08. The Kier molecular flexibility index (Phi) is 7.07. The Morgan fingerprint density at radius 3 is 2.60 bits per heavy atom. The number of nitrogens with zero attached hydrogens (tertiary/aromatic N) is 1. The van der Waals surface area contributed by atoms with Gasteiger partial charge in [-0.1, -0.05) is 13.0 Å². The van der Waals surface area contributed by atoms with E-state index in [4.69, 9.17) is 9.47 Å². The minimum absolute atomic E-state index is 0.109. The second-order valence-electron chi connectivity index (χ2n) is 5.55. The van der Waals surface area contributed by atoms with Crippen molar-refractivity contribution in [3.8, 4) is 11.5 Å². The van der Waals surface area contributed by atoms with E-state index in [2.05, 4.69) is 22.5 Å². The third-order valence-corrected chi connectivity index (χ3v) is 3.73. The Bertz CT molecular complexity index is 704. The molecular formula is C19H25N3O3. The summed E-state index contributed by atoms with van der Waals surface area (Å²) in [5, 5.41) is 6.11. The van der Waals surface area contributed by atoms with E-state index in [0.29, 0.717) is 30.0 Å². The van der Waals surface area contributed by atoms with Crippen LogP contribution in [0.25, 0.3) is 0 Å². The van der Waals surface area contributed by atoms with Gasteiger partial charge in [-0.25, -0.2) is 4.98 Å². The fourth-order valence-electron chi connectivity index (χ4n) is 2.38. The Labute approximate surface area is 148 Å². The Hall–Kier alpha value is -2.76. The summed E-state index contributed by atoms with van der Waals surface area (Å²) in [7, 11) is 3.22. The minimum Gasteiger partial charge on any atom is -0.493 e. The van der Waals surface area contributed by atoms with Crippen LogP contribution in [0.1, 0.15) is 29.3 Å². The standard InChI is InChI=1S/C19H25N3O3/c1-4-9-20-18-13-15(8-11-21-18)19(23)22-10-7-14-5-6-16(24-2)17(12-14)25-3/h5-6,8,11-13H,4,7,9-10H2,1-3H3,(H,20,21)(H,22,23). The number of carbonyl (C=O) groups excluding carboxylic acids is 1. The average molecular weight is 343 g/mol. The van der Waals surface area contributed by atoms with Gasteiger partial charge in [-0.2, -0.15) is 0 Å². The minimum atomic E-state index is -0.109. The van der Waals surface area contributed by atoms with E-state index in [-0.39, 0.29) is 5.91 Å². The zero-order valence-corrected chi connectivity index (χ0v) is 15.0. The van der Waals surface area contributed by atoms with E-state index in [9.17, 15) is 4.79 Å². The number of hydrogen-bond acceptors (Lipinski definition) is 5. The maximum Gasteiger partial charge on any atom is 0.251 e. The van der Waals surface area contributed by atoms with Crippen molar-refractivity contribution < 1.29 is 14.3 Å². The predicted molar refractivity (Wildman–Crippen MR) is 98.6 cm³/mol. The summed E-state index contributed by atoms with van der Waals surface area (Å²) in [5.74, 6) is 1.99. The van der Waals surface area contributed by atoms with Gasteiger partial charge < -0.3 is 20.1 Å². The van der Waals surface area contributed by atoms with Gasteiger partial charge in [-0.15, -0.1) is 0 Å².